The molecule has 0 aromatic rings. The van der Waals surface area contributed by atoms with Gasteiger partial charge >= 0.3 is 0 Å². The Hall–Kier alpha value is -1.30. The van der Waals surface area contributed by atoms with Crippen LogP contribution in [-0.2, 0) is 0 Å². The van der Waals surface area contributed by atoms with Gasteiger partial charge in [0, 0.05) is 0 Å². The standard InChI is InChI=1S/C15H22/c1-6-9-15(10-7-2)14(8-3)12-11-13(4)5/h6,8-12H,4,7H2,1-3,5H3/b9-6-,12-11-,14-8+,15-10+. The summed E-state index contributed by atoms with van der Waals surface area (Å²) in [4.78, 5) is 0. The van der Waals surface area contributed by atoms with E-state index in [2.05, 4.69) is 50.8 Å². The molecule has 0 bridgehead atoms. The fraction of sp³-hybridized carbons (Fsp3) is 0.333. The van der Waals surface area contributed by atoms with E-state index in [9.17, 15) is 0 Å². The number of hydrogen-bond donors (Lipinski definition) is 0. The second-order valence-corrected chi connectivity index (χ2v) is 3.49. The first-order valence-corrected chi connectivity index (χ1v) is 5.48. The molecular formula is C15H22. The van der Waals surface area contributed by atoms with Crippen molar-refractivity contribution in [3.63, 3.8) is 0 Å². The van der Waals surface area contributed by atoms with Gasteiger partial charge < -0.3 is 0 Å². The van der Waals surface area contributed by atoms with Crippen molar-refractivity contribution < 1.29 is 0 Å². The Morgan fingerprint density at radius 2 is 1.73 bits per heavy atom. The highest BCUT2D eigenvalue weighted by Crippen LogP contribution is 2.15. The van der Waals surface area contributed by atoms with Gasteiger partial charge in [-0.05, 0) is 38.3 Å². The van der Waals surface area contributed by atoms with E-state index < -0.39 is 0 Å². The second kappa shape index (κ2) is 8.05. The third-order valence-corrected chi connectivity index (χ3v) is 1.96. The molecule has 0 spiro atoms. The predicted molar refractivity (Wildman–Crippen MR) is 70.9 cm³/mol. The van der Waals surface area contributed by atoms with Crippen LogP contribution in [0.3, 0.4) is 0 Å². The molecule has 0 saturated carbocycles. The number of hydrogen-bond acceptors (Lipinski definition) is 0. The lowest BCUT2D eigenvalue weighted by Crippen LogP contribution is -1.83. The van der Waals surface area contributed by atoms with Gasteiger partial charge in [0.1, 0.15) is 0 Å². The fourth-order valence-electron chi connectivity index (χ4n) is 1.27. The van der Waals surface area contributed by atoms with E-state index in [0.29, 0.717) is 0 Å². The number of allylic oxidation sites excluding steroid dienone is 9. The average Bonchev–Trinajstić information content (AvgIpc) is 2.19. The van der Waals surface area contributed by atoms with Gasteiger partial charge in [0.05, 0.1) is 0 Å². The quantitative estimate of drug-likeness (QED) is 0.552. The van der Waals surface area contributed by atoms with E-state index in [1.807, 2.05) is 19.9 Å². The normalized spacial score (nSPS) is 14.1. The molecule has 0 fully saturated rings. The molecule has 0 unspecified atom stereocenters. The van der Waals surface area contributed by atoms with Crippen LogP contribution in [0.1, 0.15) is 34.1 Å². The molecule has 0 aromatic heterocycles. The highest BCUT2D eigenvalue weighted by atomic mass is 14.0. The molecule has 0 radical (unpaired) electrons. The Bertz CT molecular complexity index is 309. The van der Waals surface area contributed by atoms with E-state index in [1.54, 1.807) is 0 Å². The van der Waals surface area contributed by atoms with Crippen molar-refractivity contribution in [2.75, 3.05) is 0 Å². The molecule has 0 atom stereocenters. The fourth-order valence-corrected chi connectivity index (χ4v) is 1.27. The van der Waals surface area contributed by atoms with Crippen LogP contribution in [0.2, 0.25) is 0 Å². The predicted octanol–water partition coefficient (Wildman–Crippen LogP) is 4.98. The third-order valence-electron chi connectivity index (χ3n) is 1.96. The van der Waals surface area contributed by atoms with Crippen molar-refractivity contribution in [2.45, 2.75) is 34.1 Å². The summed E-state index contributed by atoms with van der Waals surface area (Å²) in [5.41, 5.74) is 3.60. The zero-order valence-electron chi connectivity index (χ0n) is 10.4. The van der Waals surface area contributed by atoms with Crippen LogP contribution in [0.15, 0.2) is 59.8 Å². The first kappa shape index (κ1) is 13.7. The topological polar surface area (TPSA) is 0 Å². The van der Waals surface area contributed by atoms with Crippen LogP contribution >= 0.6 is 0 Å². The van der Waals surface area contributed by atoms with Crippen LogP contribution in [0.4, 0.5) is 0 Å². The molecule has 0 aliphatic rings. The summed E-state index contributed by atoms with van der Waals surface area (Å²) >= 11 is 0. The Morgan fingerprint density at radius 1 is 1.07 bits per heavy atom. The first-order chi connectivity index (χ1) is 7.15. The van der Waals surface area contributed by atoms with Crippen LogP contribution in [0.5, 0.6) is 0 Å². The van der Waals surface area contributed by atoms with E-state index in [-0.39, 0.29) is 0 Å². The van der Waals surface area contributed by atoms with Crippen molar-refractivity contribution in [1.82, 2.24) is 0 Å². The summed E-state index contributed by atoms with van der Waals surface area (Å²) in [6, 6.07) is 0. The van der Waals surface area contributed by atoms with E-state index >= 15 is 0 Å². The second-order valence-electron chi connectivity index (χ2n) is 3.49. The lowest BCUT2D eigenvalue weighted by Gasteiger charge is -2.03. The zero-order chi connectivity index (χ0) is 11.7. The minimum absolute atomic E-state index is 1.05. The summed E-state index contributed by atoms with van der Waals surface area (Å²) in [7, 11) is 0. The average molecular weight is 202 g/mol. The minimum Gasteiger partial charge on any atom is -0.0961 e. The highest BCUT2D eigenvalue weighted by Gasteiger charge is 1.95. The molecule has 0 rings (SSSR count). The lowest BCUT2D eigenvalue weighted by atomic mass is 10.0. The largest absolute Gasteiger partial charge is 0.0961 e. The van der Waals surface area contributed by atoms with Crippen molar-refractivity contribution in [3.05, 3.63) is 59.8 Å². The van der Waals surface area contributed by atoms with Crippen LogP contribution in [-0.4, -0.2) is 0 Å². The molecule has 0 aliphatic heterocycles. The van der Waals surface area contributed by atoms with Gasteiger partial charge in [0.15, 0.2) is 0 Å². The van der Waals surface area contributed by atoms with E-state index in [1.165, 1.54) is 11.1 Å². The SMILES string of the molecule is C=C(C)\C=C/C(=C\C)C(/C=C\C)=C/CC. The molecule has 0 nitrogen and oxygen atoms in total. The molecule has 0 amide bonds. The summed E-state index contributed by atoms with van der Waals surface area (Å²) in [5, 5.41) is 0. The molecule has 0 aromatic carbocycles. The monoisotopic (exact) mass is 202 g/mol. The maximum absolute atomic E-state index is 3.86. The molecule has 0 saturated heterocycles. The Balaban J connectivity index is 4.93. The molecule has 0 heteroatoms. The van der Waals surface area contributed by atoms with Crippen LogP contribution in [0, 0.1) is 0 Å². The smallest absolute Gasteiger partial charge is 0.0230 e. The molecule has 0 aliphatic carbocycles. The maximum atomic E-state index is 3.86. The summed E-state index contributed by atoms with van der Waals surface area (Å²) in [5.74, 6) is 0. The van der Waals surface area contributed by atoms with E-state index in [0.717, 1.165) is 12.0 Å². The highest BCUT2D eigenvalue weighted by molar-refractivity contribution is 5.47. The van der Waals surface area contributed by atoms with Gasteiger partial charge in [-0.1, -0.05) is 55.5 Å². The van der Waals surface area contributed by atoms with Crippen molar-refractivity contribution >= 4 is 0 Å². The van der Waals surface area contributed by atoms with Crippen molar-refractivity contribution in [3.8, 4) is 0 Å². The van der Waals surface area contributed by atoms with Gasteiger partial charge in [-0.3, -0.25) is 0 Å². The van der Waals surface area contributed by atoms with E-state index in [4.69, 9.17) is 0 Å². The first-order valence-electron chi connectivity index (χ1n) is 5.48. The van der Waals surface area contributed by atoms with Gasteiger partial charge in [-0.2, -0.15) is 0 Å². The molecule has 82 valence electrons. The Labute approximate surface area is 94.4 Å². The molecule has 0 heterocycles. The molecular weight excluding hydrogens is 180 g/mol. The summed E-state index contributed by atoms with van der Waals surface area (Å²) in [6.07, 6.45) is 13.8. The van der Waals surface area contributed by atoms with Crippen molar-refractivity contribution in [1.29, 1.82) is 0 Å². The maximum Gasteiger partial charge on any atom is -0.0230 e. The minimum atomic E-state index is 1.05. The van der Waals surface area contributed by atoms with Gasteiger partial charge in [-0.25, -0.2) is 0 Å². The molecule has 0 N–H and O–H groups in total. The Kier molecular flexibility index (Phi) is 7.35. The van der Waals surface area contributed by atoms with Crippen molar-refractivity contribution in [2.24, 2.45) is 0 Å². The number of rotatable bonds is 5. The lowest BCUT2D eigenvalue weighted by molar-refractivity contribution is 1.20. The van der Waals surface area contributed by atoms with Gasteiger partial charge in [0.2, 0.25) is 0 Å². The summed E-state index contributed by atoms with van der Waals surface area (Å²) in [6.45, 7) is 12.1. The Morgan fingerprint density at radius 3 is 2.13 bits per heavy atom. The van der Waals surface area contributed by atoms with Crippen LogP contribution in [0.25, 0.3) is 0 Å². The zero-order valence-corrected chi connectivity index (χ0v) is 10.4. The van der Waals surface area contributed by atoms with Gasteiger partial charge in [0.25, 0.3) is 0 Å². The third kappa shape index (κ3) is 5.90. The molecule has 15 heavy (non-hydrogen) atoms. The summed E-state index contributed by atoms with van der Waals surface area (Å²) < 4.78 is 0. The van der Waals surface area contributed by atoms with Gasteiger partial charge in [-0.15, -0.1) is 0 Å². The van der Waals surface area contributed by atoms with Crippen LogP contribution < -0.4 is 0 Å².